The molecule has 0 radical (unpaired) electrons. The van der Waals surface area contributed by atoms with Crippen LogP contribution in [-0.4, -0.2) is 52.4 Å². The molecule has 1 aromatic heterocycles. The van der Waals surface area contributed by atoms with Crippen molar-refractivity contribution >= 4 is 26.7 Å². The molecular formula is C21H25FN4O3S. The van der Waals surface area contributed by atoms with E-state index in [9.17, 15) is 12.8 Å². The second kappa shape index (κ2) is 9.62. The summed E-state index contributed by atoms with van der Waals surface area (Å²) in [7, 11) is -1.53. The molecule has 7 nitrogen and oxygen atoms in total. The van der Waals surface area contributed by atoms with Gasteiger partial charge in [0.25, 0.3) is 0 Å². The Balaban J connectivity index is 1.41. The van der Waals surface area contributed by atoms with E-state index in [-0.39, 0.29) is 10.7 Å². The molecule has 0 aliphatic heterocycles. The highest BCUT2D eigenvalue weighted by Gasteiger charge is 2.07. The zero-order valence-electron chi connectivity index (χ0n) is 16.9. The predicted octanol–water partition coefficient (Wildman–Crippen LogP) is 2.50. The number of sulfone groups is 1. The van der Waals surface area contributed by atoms with Gasteiger partial charge in [-0.05, 0) is 54.4 Å². The van der Waals surface area contributed by atoms with Crippen LogP contribution in [0.5, 0.6) is 5.75 Å². The van der Waals surface area contributed by atoms with E-state index in [2.05, 4.69) is 20.6 Å². The monoisotopic (exact) mass is 432 g/mol. The topological polar surface area (TPSA) is 95.6 Å². The van der Waals surface area contributed by atoms with Gasteiger partial charge in [0.1, 0.15) is 18.2 Å². The van der Waals surface area contributed by atoms with Gasteiger partial charge in [-0.1, -0.05) is 0 Å². The van der Waals surface area contributed by atoms with Crippen molar-refractivity contribution in [2.45, 2.75) is 11.3 Å². The number of ether oxygens (including phenoxy) is 1. The normalized spacial score (nSPS) is 12.2. The molecule has 2 aromatic carbocycles. The van der Waals surface area contributed by atoms with E-state index in [0.717, 1.165) is 16.5 Å². The molecule has 1 heterocycles. The molecule has 0 spiro atoms. The summed E-state index contributed by atoms with van der Waals surface area (Å²) in [5.41, 5.74) is 1.95. The Morgan fingerprint density at radius 3 is 2.57 bits per heavy atom. The number of nitrogens with one attached hydrogen (secondary N) is 3. The lowest BCUT2D eigenvalue weighted by atomic mass is 10.1. The van der Waals surface area contributed by atoms with Crippen molar-refractivity contribution in [2.75, 3.05) is 33.0 Å². The average Bonchev–Trinajstić information content (AvgIpc) is 3.11. The summed E-state index contributed by atoms with van der Waals surface area (Å²) in [5, 5.41) is 7.25. The van der Waals surface area contributed by atoms with Gasteiger partial charge in [0.2, 0.25) is 0 Å². The Kier molecular flexibility index (Phi) is 6.94. The van der Waals surface area contributed by atoms with Crippen LogP contribution in [0.25, 0.3) is 10.9 Å². The van der Waals surface area contributed by atoms with Crippen LogP contribution in [0.15, 0.2) is 58.5 Å². The van der Waals surface area contributed by atoms with E-state index in [1.54, 1.807) is 25.2 Å². The molecular weight excluding hydrogens is 407 g/mol. The smallest absolute Gasteiger partial charge is 0.191 e. The van der Waals surface area contributed by atoms with E-state index >= 15 is 0 Å². The van der Waals surface area contributed by atoms with Crippen LogP contribution in [0.1, 0.15) is 5.56 Å². The van der Waals surface area contributed by atoms with Crippen molar-refractivity contribution in [1.29, 1.82) is 0 Å². The van der Waals surface area contributed by atoms with Crippen LogP contribution in [-0.2, 0) is 16.3 Å². The van der Waals surface area contributed by atoms with E-state index in [1.807, 2.05) is 6.20 Å². The Morgan fingerprint density at radius 2 is 1.87 bits per heavy atom. The number of fused-ring (bicyclic) bond motifs is 1. The van der Waals surface area contributed by atoms with Crippen molar-refractivity contribution in [3.8, 4) is 5.75 Å². The first-order chi connectivity index (χ1) is 14.4. The minimum atomic E-state index is -3.21. The van der Waals surface area contributed by atoms with Crippen molar-refractivity contribution in [3.63, 3.8) is 0 Å². The predicted molar refractivity (Wildman–Crippen MR) is 116 cm³/mol. The van der Waals surface area contributed by atoms with Crippen LogP contribution in [0.2, 0.25) is 0 Å². The fraction of sp³-hybridized carbons (Fsp3) is 0.286. The number of halogens is 1. The van der Waals surface area contributed by atoms with Gasteiger partial charge in [-0.2, -0.15) is 0 Å². The largest absolute Gasteiger partial charge is 0.492 e. The first-order valence-electron chi connectivity index (χ1n) is 9.50. The molecule has 0 fully saturated rings. The summed E-state index contributed by atoms with van der Waals surface area (Å²) in [4.78, 5) is 7.58. The maximum absolute atomic E-state index is 13.5. The molecule has 0 unspecified atom stereocenters. The number of aromatic amines is 1. The summed E-state index contributed by atoms with van der Waals surface area (Å²) in [6, 6.07) is 11.0. The summed E-state index contributed by atoms with van der Waals surface area (Å²) in [6.45, 7) is 1.55. The van der Waals surface area contributed by atoms with Crippen molar-refractivity contribution in [2.24, 2.45) is 4.99 Å². The SMILES string of the molecule is CN=C(NCCOc1ccc(S(C)(=O)=O)cc1)NCCc1c[nH]c2ccc(F)cc12. The Morgan fingerprint density at radius 1 is 1.13 bits per heavy atom. The molecule has 3 aromatic rings. The van der Waals surface area contributed by atoms with Gasteiger partial charge in [-0.25, -0.2) is 12.8 Å². The Bertz CT molecular complexity index is 1120. The lowest BCUT2D eigenvalue weighted by Gasteiger charge is -2.12. The zero-order valence-corrected chi connectivity index (χ0v) is 17.7. The molecule has 3 N–H and O–H groups in total. The number of aliphatic imine (C=N–C) groups is 1. The van der Waals surface area contributed by atoms with E-state index < -0.39 is 9.84 Å². The van der Waals surface area contributed by atoms with Crippen molar-refractivity contribution in [3.05, 3.63) is 60.0 Å². The molecule has 0 bridgehead atoms. The van der Waals surface area contributed by atoms with Crippen molar-refractivity contribution < 1.29 is 17.5 Å². The van der Waals surface area contributed by atoms with E-state index in [0.29, 0.717) is 37.8 Å². The number of rotatable bonds is 8. The summed E-state index contributed by atoms with van der Waals surface area (Å²) >= 11 is 0. The quantitative estimate of drug-likeness (QED) is 0.289. The highest BCUT2D eigenvalue weighted by molar-refractivity contribution is 7.90. The average molecular weight is 433 g/mol. The Hall–Kier alpha value is -3.07. The van der Waals surface area contributed by atoms with Gasteiger partial charge in [-0.3, -0.25) is 4.99 Å². The van der Waals surface area contributed by atoms with Gasteiger partial charge in [0, 0.05) is 36.9 Å². The zero-order chi connectivity index (χ0) is 21.6. The second-order valence-electron chi connectivity index (χ2n) is 6.77. The molecule has 0 saturated heterocycles. The molecule has 160 valence electrons. The second-order valence-corrected chi connectivity index (χ2v) is 8.79. The molecule has 0 amide bonds. The molecule has 0 atom stereocenters. The minimum Gasteiger partial charge on any atom is -0.492 e. The first kappa shape index (κ1) is 21.6. The fourth-order valence-corrected chi connectivity index (χ4v) is 3.65. The number of guanidine groups is 1. The van der Waals surface area contributed by atoms with Gasteiger partial charge in [-0.15, -0.1) is 0 Å². The standard InChI is InChI=1S/C21H25FN4O3S/c1-23-21(24-10-9-15-14-26-20-8-3-16(22)13-19(15)20)25-11-12-29-17-4-6-18(7-5-17)30(2,27)28/h3-8,13-14,26H,9-12H2,1-2H3,(H2,23,24,25). The molecule has 30 heavy (non-hydrogen) atoms. The number of hydrogen-bond donors (Lipinski definition) is 3. The van der Waals surface area contributed by atoms with Gasteiger partial charge in [0.15, 0.2) is 15.8 Å². The van der Waals surface area contributed by atoms with Crippen LogP contribution in [0.4, 0.5) is 4.39 Å². The van der Waals surface area contributed by atoms with Crippen LogP contribution in [0, 0.1) is 5.82 Å². The van der Waals surface area contributed by atoms with Crippen LogP contribution in [0.3, 0.4) is 0 Å². The van der Waals surface area contributed by atoms with Gasteiger partial charge in [0.05, 0.1) is 11.4 Å². The van der Waals surface area contributed by atoms with Gasteiger partial charge < -0.3 is 20.4 Å². The fourth-order valence-electron chi connectivity index (χ4n) is 3.02. The van der Waals surface area contributed by atoms with E-state index in [1.165, 1.54) is 30.5 Å². The molecule has 0 aliphatic rings. The maximum atomic E-state index is 13.5. The first-order valence-corrected chi connectivity index (χ1v) is 11.4. The summed E-state index contributed by atoms with van der Waals surface area (Å²) in [5.74, 6) is 0.982. The third kappa shape index (κ3) is 5.73. The molecule has 3 rings (SSSR count). The number of benzene rings is 2. The number of nitrogens with zero attached hydrogens (tertiary/aromatic N) is 1. The molecule has 0 saturated carbocycles. The number of aromatic nitrogens is 1. The lowest BCUT2D eigenvalue weighted by Crippen LogP contribution is -2.40. The summed E-state index contributed by atoms with van der Waals surface area (Å²) < 4.78 is 42.0. The Labute approximate surface area is 175 Å². The number of hydrogen-bond acceptors (Lipinski definition) is 4. The highest BCUT2D eigenvalue weighted by atomic mass is 32.2. The van der Waals surface area contributed by atoms with Crippen LogP contribution >= 0.6 is 0 Å². The van der Waals surface area contributed by atoms with E-state index in [4.69, 9.17) is 4.74 Å². The number of H-pyrrole nitrogens is 1. The highest BCUT2D eigenvalue weighted by Crippen LogP contribution is 2.19. The van der Waals surface area contributed by atoms with Crippen LogP contribution < -0.4 is 15.4 Å². The molecule has 9 heteroatoms. The van der Waals surface area contributed by atoms with Gasteiger partial charge >= 0.3 is 0 Å². The third-order valence-electron chi connectivity index (χ3n) is 4.55. The maximum Gasteiger partial charge on any atom is 0.191 e. The summed E-state index contributed by atoms with van der Waals surface area (Å²) in [6.07, 6.45) is 3.78. The van der Waals surface area contributed by atoms with Crippen molar-refractivity contribution in [1.82, 2.24) is 15.6 Å². The third-order valence-corrected chi connectivity index (χ3v) is 5.68. The minimum absolute atomic E-state index is 0.250. The molecule has 0 aliphatic carbocycles. The lowest BCUT2D eigenvalue weighted by molar-refractivity contribution is 0.321.